The third kappa shape index (κ3) is 4.46. The molecule has 0 unspecified atom stereocenters. The fourth-order valence-corrected chi connectivity index (χ4v) is 3.80. The van der Waals surface area contributed by atoms with Crippen LogP contribution in [-0.4, -0.2) is 0 Å². The lowest BCUT2D eigenvalue weighted by Gasteiger charge is -2.14. The van der Waals surface area contributed by atoms with Gasteiger partial charge in [0.05, 0.1) is 0 Å². The Bertz CT molecular complexity index is 834. The van der Waals surface area contributed by atoms with Crippen molar-refractivity contribution in [3.63, 3.8) is 0 Å². The fraction of sp³-hybridized carbons (Fsp3) is 0.360. The first kappa shape index (κ1) is 18.5. The second kappa shape index (κ2) is 9.43. The molecule has 3 aromatic rings. The zero-order valence-corrected chi connectivity index (χ0v) is 16.0. The average molecular weight is 346 g/mol. The summed E-state index contributed by atoms with van der Waals surface area (Å²) in [6.45, 7) is 2.27. The summed E-state index contributed by atoms with van der Waals surface area (Å²) in [7, 11) is 0. The Hall–Kier alpha value is -2.28. The van der Waals surface area contributed by atoms with Crippen LogP contribution in [0.4, 0.5) is 5.69 Å². The standard InChI is InChI=1S/C25H31N/c1-2-3-4-5-6-7-8-13-20-14-9-11-16-22(20)24-19-18-21-15-10-12-17-23(21)25(24)26/h9-12,14-19H,2-8,13,26H2,1H3. The number of unbranched alkanes of at least 4 members (excludes halogenated alkanes) is 6. The van der Waals surface area contributed by atoms with E-state index < -0.39 is 0 Å². The third-order valence-electron chi connectivity index (χ3n) is 5.33. The number of nitrogen functional groups attached to an aromatic ring is 1. The Balaban J connectivity index is 1.72. The van der Waals surface area contributed by atoms with Crippen LogP contribution in [0.25, 0.3) is 21.9 Å². The lowest BCUT2D eigenvalue weighted by Crippen LogP contribution is -1.96. The number of fused-ring (bicyclic) bond motifs is 1. The second-order valence-corrected chi connectivity index (χ2v) is 7.28. The number of anilines is 1. The Kier molecular flexibility index (Phi) is 6.71. The minimum absolute atomic E-state index is 0.898. The van der Waals surface area contributed by atoms with Crippen LogP contribution in [-0.2, 0) is 6.42 Å². The lowest BCUT2D eigenvalue weighted by atomic mass is 9.92. The molecule has 0 fully saturated rings. The van der Waals surface area contributed by atoms with Crippen LogP contribution >= 0.6 is 0 Å². The van der Waals surface area contributed by atoms with E-state index in [9.17, 15) is 0 Å². The molecule has 0 aliphatic carbocycles. The molecule has 1 nitrogen and oxygen atoms in total. The summed E-state index contributed by atoms with van der Waals surface area (Å²) < 4.78 is 0. The zero-order valence-electron chi connectivity index (χ0n) is 16.0. The molecular formula is C25H31N. The Morgan fingerprint density at radius 3 is 2.19 bits per heavy atom. The number of hydrogen-bond donors (Lipinski definition) is 1. The van der Waals surface area contributed by atoms with Crippen LogP contribution in [0.5, 0.6) is 0 Å². The van der Waals surface area contributed by atoms with Gasteiger partial charge in [-0.2, -0.15) is 0 Å². The van der Waals surface area contributed by atoms with Crippen molar-refractivity contribution in [2.45, 2.75) is 58.3 Å². The molecule has 136 valence electrons. The Labute approximate surface area is 158 Å². The molecule has 3 aromatic carbocycles. The molecule has 0 radical (unpaired) electrons. The van der Waals surface area contributed by atoms with E-state index in [2.05, 4.69) is 67.6 Å². The van der Waals surface area contributed by atoms with Crippen LogP contribution in [0.2, 0.25) is 0 Å². The SMILES string of the molecule is CCCCCCCCCc1ccccc1-c1ccc2ccccc2c1N. The van der Waals surface area contributed by atoms with Gasteiger partial charge in [0.1, 0.15) is 0 Å². The van der Waals surface area contributed by atoms with Crippen molar-refractivity contribution >= 4 is 16.5 Å². The lowest BCUT2D eigenvalue weighted by molar-refractivity contribution is 0.589. The number of nitrogens with two attached hydrogens (primary N) is 1. The summed E-state index contributed by atoms with van der Waals surface area (Å²) in [4.78, 5) is 0. The van der Waals surface area contributed by atoms with Crippen molar-refractivity contribution in [3.05, 3.63) is 66.2 Å². The Morgan fingerprint density at radius 1 is 0.654 bits per heavy atom. The molecule has 0 aromatic heterocycles. The van der Waals surface area contributed by atoms with Crippen molar-refractivity contribution < 1.29 is 0 Å². The maximum atomic E-state index is 6.54. The van der Waals surface area contributed by atoms with Gasteiger partial charge in [0.2, 0.25) is 0 Å². The molecule has 2 N–H and O–H groups in total. The zero-order chi connectivity index (χ0) is 18.2. The van der Waals surface area contributed by atoms with Gasteiger partial charge in [-0.05, 0) is 29.4 Å². The van der Waals surface area contributed by atoms with Gasteiger partial charge in [-0.1, -0.05) is 106 Å². The molecule has 26 heavy (non-hydrogen) atoms. The normalized spacial score (nSPS) is 11.1. The Morgan fingerprint density at radius 2 is 1.35 bits per heavy atom. The van der Waals surface area contributed by atoms with Gasteiger partial charge >= 0.3 is 0 Å². The molecule has 0 atom stereocenters. The quantitative estimate of drug-likeness (QED) is 0.318. The highest BCUT2D eigenvalue weighted by Crippen LogP contribution is 2.34. The summed E-state index contributed by atoms with van der Waals surface area (Å²) in [6, 6.07) is 21.5. The van der Waals surface area contributed by atoms with E-state index in [4.69, 9.17) is 5.73 Å². The van der Waals surface area contributed by atoms with E-state index in [1.807, 2.05) is 0 Å². The number of hydrogen-bond acceptors (Lipinski definition) is 1. The first-order valence-corrected chi connectivity index (χ1v) is 10.2. The molecule has 1 heteroatoms. The van der Waals surface area contributed by atoms with Gasteiger partial charge in [0.15, 0.2) is 0 Å². The van der Waals surface area contributed by atoms with Crippen LogP contribution in [0.3, 0.4) is 0 Å². The molecule has 0 heterocycles. The van der Waals surface area contributed by atoms with Crippen molar-refractivity contribution in [3.8, 4) is 11.1 Å². The summed E-state index contributed by atoms with van der Waals surface area (Å²) in [5.74, 6) is 0. The number of aryl methyl sites for hydroxylation is 1. The topological polar surface area (TPSA) is 26.0 Å². The molecule has 0 aliphatic rings. The van der Waals surface area contributed by atoms with Crippen molar-refractivity contribution in [2.75, 3.05) is 5.73 Å². The van der Waals surface area contributed by atoms with Crippen molar-refractivity contribution in [1.29, 1.82) is 0 Å². The molecule has 0 saturated carbocycles. The van der Waals surface area contributed by atoms with Gasteiger partial charge in [-0.3, -0.25) is 0 Å². The second-order valence-electron chi connectivity index (χ2n) is 7.28. The first-order valence-electron chi connectivity index (χ1n) is 10.2. The monoisotopic (exact) mass is 345 g/mol. The molecule has 0 spiro atoms. The maximum Gasteiger partial charge on any atom is 0.0473 e. The van der Waals surface area contributed by atoms with Gasteiger partial charge < -0.3 is 5.73 Å². The highest BCUT2D eigenvalue weighted by atomic mass is 14.6. The van der Waals surface area contributed by atoms with E-state index in [-0.39, 0.29) is 0 Å². The molecule has 3 rings (SSSR count). The van der Waals surface area contributed by atoms with Crippen LogP contribution in [0.15, 0.2) is 60.7 Å². The minimum atomic E-state index is 0.898. The van der Waals surface area contributed by atoms with E-state index in [1.165, 1.54) is 67.0 Å². The van der Waals surface area contributed by atoms with Gasteiger partial charge in [-0.25, -0.2) is 0 Å². The fourth-order valence-electron chi connectivity index (χ4n) is 3.80. The predicted molar refractivity (Wildman–Crippen MR) is 115 cm³/mol. The molecule has 0 aliphatic heterocycles. The third-order valence-corrected chi connectivity index (χ3v) is 5.33. The highest BCUT2D eigenvalue weighted by Gasteiger charge is 2.10. The maximum absolute atomic E-state index is 6.54. The van der Waals surface area contributed by atoms with E-state index in [0.29, 0.717) is 0 Å². The van der Waals surface area contributed by atoms with E-state index in [0.717, 1.165) is 17.5 Å². The average Bonchev–Trinajstić information content (AvgIpc) is 2.68. The van der Waals surface area contributed by atoms with Crippen molar-refractivity contribution in [1.82, 2.24) is 0 Å². The van der Waals surface area contributed by atoms with E-state index in [1.54, 1.807) is 0 Å². The number of rotatable bonds is 9. The van der Waals surface area contributed by atoms with Crippen LogP contribution in [0, 0.1) is 0 Å². The molecule has 0 saturated heterocycles. The summed E-state index contributed by atoms with van der Waals surface area (Å²) >= 11 is 0. The first-order chi connectivity index (χ1) is 12.8. The largest absolute Gasteiger partial charge is 0.398 e. The van der Waals surface area contributed by atoms with Gasteiger partial charge in [0.25, 0.3) is 0 Å². The van der Waals surface area contributed by atoms with Crippen LogP contribution in [0.1, 0.15) is 57.4 Å². The highest BCUT2D eigenvalue weighted by molar-refractivity contribution is 6.00. The molecular weight excluding hydrogens is 314 g/mol. The summed E-state index contributed by atoms with van der Waals surface area (Å²) in [5, 5.41) is 2.36. The van der Waals surface area contributed by atoms with Gasteiger partial charge in [0, 0.05) is 16.6 Å². The van der Waals surface area contributed by atoms with E-state index >= 15 is 0 Å². The minimum Gasteiger partial charge on any atom is -0.398 e. The molecule has 0 bridgehead atoms. The van der Waals surface area contributed by atoms with Crippen LogP contribution < -0.4 is 5.73 Å². The number of benzene rings is 3. The summed E-state index contributed by atoms with van der Waals surface area (Å²) in [6.07, 6.45) is 10.6. The molecule has 0 amide bonds. The summed E-state index contributed by atoms with van der Waals surface area (Å²) in [5.41, 5.74) is 11.3. The van der Waals surface area contributed by atoms with Crippen molar-refractivity contribution in [2.24, 2.45) is 0 Å². The van der Waals surface area contributed by atoms with Gasteiger partial charge in [-0.15, -0.1) is 0 Å². The smallest absolute Gasteiger partial charge is 0.0473 e. The predicted octanol–water partition coefficient (Wildman–Crippen LogP) is 7.38.